The molecule has 28 heavy (non-hydrogen) atoms. The number of nitrogens with one attached hydrogen (secondary N) is 1. The predicted octanol–water partition coefficient (Wildman–Crippen LogP) is 4.37. The molecule has 1 heterocycles. The van der Waals surface area contributed by atoms with Crippen LogP contribution in [-0.4, -0.2) is 36.9 Å². The molecule has 5 nitrogen and oxygen atoms in total. The number of carbonyl (C=O) groups is 2. The smallest absolute Gasteiger partial charge is 0.339 e. The van der Waals surface area contributed by atoms with Crippen molar-refractivity contribution in [1.29, 1.82) is 0 Å². The molecule has 1 amide bonds. The lowest BCUT2D eigenvalue weighted by Gasteiger charge is -2.12. The molecule has 0 aromatic heterocycles. The zero-order valence-electron chi connectivity index (χ0n) is 16.2. The number of ether oxygens (including phenoxy) is 2. The topological polar surface area (TPSA) is 64.6 Å². The van der Waals surface area contributed by atoms with E-state index in [4.69, 9.17) is 9.47 Å². The van der Waals surface area contributed by atoms with Gasteiger partial charge in [-0.15, -0.1) is 11.8 Å². The van der Waals surface area contributed by atoms with Gasteiger partial charge in [-0.05, 0) is 62.1 Å². The zero-order valence-corrected chi connectivity index (χ0v) is 17.0. The molecular weight excluding hydrogens is 374 g/mol. The van der Waals surface area contributed by atoms with Crippen LogP contribution in [-0.2, 0) is 14.3 Å². The van der Waals surface area contributed by atoms with E-state index in [-0.39, 0.29) is 18.6 Å². The number of anilines is 1. The summed E-state index contributed by atoms with van der Waals surface area (Å²) in [4.78, 5) is 25.5. The van der Waals surface area contributed by atoms with E-state index in [9.17, 15) is 9.59 Å². The van der Waals surface area contributed by atoms with E-state index in [1.54, 1.807) is 23.9 Å². The van der Waals surface area contributed by atoms with Crippen molar-refractivity contribution in [3.63, 3.8) is 0 Å². The summed E-state index contributed by atoms with van der Waals surface area (Å²) in [6, 6.07) is 13.1. The minimum absolute atomic E-state index is 0.234. The summed E-state index contributed by atoms with van der Waals surface area (Å²) in [6.45, 7) is 4.42. The Morgan fingerprint density at radius 1 is 1.18 bits per heavy atom. The van der Waals surface area contributed by atoms with Crippen molar-refractivity contribution in [2.24, 2.45) is 0 Å². The fourth-order valence-corrected chi connectivity index (χ4v) is 4.28. The van der Waals surface area contributed by atoms with Crippen molar-refractivity contribution in [3.05, 3.63) is 59.2 Å². The molecule has 1 N–H and O–H groups in total. The van der Waals surface area contributed by atoms with Gasteiger partial charge in [0.1, 0.15) is 0 Å². The average Bonchev–Trinajstić information content (AvgIpc) is 3.17. The molecule has 0 unspecified atom stereocenters. The van der Waals surface area contributed by atoms with E-state index in [1.165, 1.54) is 0 Å². The molecule has 0 bridgehead atoms. The molecule has 1 atom stereocenters. The maximum absolute atomic E-state index is 12.5. The molecule has 0 spiro atoms. The molecule has 148 valence electrons. The largest absolute Gasteiger partial charge is 0.452 e. The standard InChI is InChI=1S/C22H25NO4S/c1-15-10-16(2)12-17(11-15)23-21(24)13-27-22(25)19-7-3-4-8-20(19)28-14-18-6-5-9-26-18/h3-4,7-8,10-12,18H,5-6,9,13-14H2,1-2H3,(H,23,24)/t18-/m1/s1. The highest BCUT2D eigenvalue weighted by Gasteiger charge is 2.19. The zero-order chi connectivity index (χ0) is 19.9. The fourth-order valence-electron chi connectivity index (χ4n) is 3.17. The van der Waals surface area contributed by atoms with Crippen LogP contribution in [0.4, 0.5) is 5.69 Å². The van der Waals surface area contributed by atoms with Gasteiger partial charge in [-0.3, -0.25) is 4.79 Å². The van der Waals surface area contributed by atoms with E-state index < -0.39 is 5.97 Å². The van der Waals surface area contributed by atoms with Gasteiger partial charge in [-0.25, -0.2) is 4.79 Å². The van der Waals surface area contributed by atoms with Crippen LogP contribution >= 0.6 is 11.8 Å². The first-order valence-corrected chi connectivity index (χ1v) is 10.4. The molecule has 3 rings (SSSR count). The Balaban J connectivity index is 1.54. The summed E-state index contributed by atoms with van der Waals surface area (Å²) < 4.78 is 10.9. The SMILES string of the molecule is Cc1cc(C)cc(NC(=O)COC(=O)c2ccccc2SC[C@H]2CCCO2)c1. The van der Waals surface area contributed by atoms with E-state index in [0.29, 0.717) is 11.3 Å². The summed E-state index contributed by atoms with van der Waals surface area (Å²) in [5.74, 6) is -0.0498. The number of benzene rings is 2. The number of carbonyl (C=O) groups excluding carboxylic acids is 2. The van der Waals surface area contributed by atoms with Crippen LogP contribution in [0.1, 0.15) is 34.3 Å². The Morgan fingerprint density at radius 2 is 1.93 bits per heavy atom. The molecule has 1 saturated heterocycles. The molecule has 2 aromatic carbocycles. The van der Waals surface area contributed by atoms with Crippen molar-refractivity contribution in [2.75, 3.05) is 24.3 Å². The number of hydrogen-bond donors (Lipinski definition) is 1. The van der Waals surface area contributed by atoms with Crippen LogP contribution in [0.25, 0.3) is 0 Å². The summed E-state index contributed by atoms with van der Waals surface area (Å²) in [5.41, 5.74) is 3.30. The van der Waals surface area contributed by atoms with Crippen molar-refractivity contribution < 1.29 is 19.1 Å². The Hall–Kier alpha value is -2.31. The number of hydrogen-bond acceptors (Lipinski definition) is 5. The molecule has 0 saturated carbocycles. The van der Waals surface area contributed by atoms with E-state index in [2.05, 4.69) is 5.32 Å². The third kappa shape index (κ3) is 5.84. The number of esters is 1. The van der Waals surface area contributed by atoms with E-state index in [1.807, 2.05) is 44.2 Å². The van der Waals surface area contributed by atoms with Crippen molar-refractivity contribution >= 4 is 29.3 Å². The normalized spacial score (nSPS) is 16.0. The summed E-state index contributed by atoms with van der Waals surface area (Å²) >= 11 is 1.59. The van der Waals surface area contributed by atoms with Crippen LogP contribution < -0.4 is 5.32 Å². The summed E-state index contributed by atoms with van der Waals surface area (Å²) in [6.07, 6.45) is 2.38. The maximum Gasteiger partial charge on any atom is 0.339 e. The Morgan fingerprint density at radius 3 is 2.64 bits per heavy atom. The van der Waals surface area contributed by atoms with Crippen LogP contribution in [0.15, 0.2) is 47.4 Å². The molecule has 0 aliphatic carbocycles. The van der Waals surface area contributed by atoms with Gasteiger partial charge in [0, 0.05) is 22.9 Å². The average molecular weight is 400 g/mol. The first-order valence-electron chi connectivity index (χ1n) is 9.40. The van der Waals surface area contributed by atoms with Gasteiger partial charge in [0.25, 0.3) is 5.91 Å². The second kappa shape index (κ2) is 9.75. The molecule has 0 radical (unpaired) electrons. The number of aryl methyl sites for hydroxylation is 2. The molecule has 2 aromatic rings. The van der Waals surface area contributed by atoms with Crippen LogP contribution in [0.3, 0.4) is 0 Å². The monoisotopic (exact) mass is 399 g/mol. The van der Waals surface area contributed by atoms with Gasteiger partial charge >= 0.3 is 5.97 Å². The first-order chi connectivity index (χ1) is 13.5. The molecule has 1 aliphatic rings. The molecule has 1 aliphatic heterocycles. The lowest BCUT2D eigenvalue weighted by Crippen LogP contribution is -2.21. The predicted molar refractivity (Wildman–Crippen MR) is 111 cm³/mol. The van der Waals surface area contributed by atoms with Gasteiger partial charge in [-0.2, -0.15) is 0 Å². The lowest BCUT2D eigenvalue weighted by atomic mass is 10.1. The third-order valence-corrected chi connectivity index (χ3v) is 5.60. The molecule has 1 fully saturated rings. The van der Waals surface area contributed by atoms with Crippen LogP contribution in [0, 0.1) is 13.8 Å². The fraction of sp³-hybridized carbons (Fsp3) is 0.364. The Kier molecular flexibility index (Phi) is 7.12. The lowest BCUT2D eigenvalue weighted by molar-refractivity contribution is -0.119. The number of amides is 1. The highest BCUT2D eigenvalue weighted by atomic mass is 32.2. The van der Waals surface area contributed by atoms with Crippen molar-refractivity contribution in [2.45, 2.75) is 37.7 Å². The van der Waals surface area contributed by atoms with Gasteiger partial charge in [-0.1, -0.05) is 18.2 Å². The van der Waals surface area contributed by atoms with Gasteiger partial charge in [0.05, 0.1) is 11.7 Å². The first kappa shape index (κ1) is 20.4. The summed E-state index contributed by atoms with van der Waals surface area (Å²) in [7, 11) is 0. The third-order valence-electron chi connectivity index (χ3n) is 4.40. The van der Waals surface area contributed by atoms with Gasteiger partial charge in [0.2, 0.25) is 0 Å². The Bertz CT molecular complexity index is 826. The second-order valence-corrected chi connectivity index (χ2v) is 8.00. The Labute approximate surface area is 169 Å². The minimum atomic E-state index is -0.494. The van der Waals surface area contributed by atoms with E-state index >= 15 is 0 Å². The van der Waals surface area contributed by atoms with E-state index in [0.717, 1.165) is 41.2 Å². The van der Waals surface area contributed by atoms with Crippen LogP contribution in [0.5, 0.6) is 0 Å². The molecular formula is C22H25NO4S. The highest BCUT2D eigenvalue weighted by molar-refractivity contribution is 7.99. The minimum Gasteiger partial charge on any atom is -0.452 e. The molecule has 6 heteroatoms. The van der Waals surface area contributed by atoms with Crippen molar-refractivity contribution in [1.82, 2.24) is 0 Å². The second-order valence-electron chi connectivity index (χ2n) is 6.94. The van der Waals surface area contributed by atoms with Crippen LogP contribution in [0.2, 0.25) is 0 Å². The maximum atomic E-state index is 12.5. The number of rotatable bonds is 7. The van der Waals surface area contributed by atoms with Crippen molar-refractivity contribution in [3.8, 4) is 0 Å². The van der Waals surface area contributed by atoms with Gasteiger partial charge < -0.3 is 14.8 Å². The van der Waals surface area contributed by atoms with Gasteiger partial charge in [0.15, 0.2) is 6.61 Å². The summed E-state index contributed by atoms with van der Waals surface area (Å²) in [5, 5.41) is 2.77. The quantitative estimate of drug-likeness (QED) is 0.553. The highest BCUT2D eigenvalue weighted by Crippen LogP contribution is 2.27. The number of thioether (sulfide) groups is 1.